The van der Waals surface area contributed by atoms with Gasteiger partial charge in [-0.2, -0.15) is 0 Å². The van der Waals surface area contributed by atoms with Gasteiger partial charge in [-0.15, -0.1) is 0 Å². The first kappa shape index (κ1) is 8.52. The minimum Gasteiger partial charge on any atom is -0.326 e. The Balaban J connectivity index is 1.60. The third-order valence-electron chi connectivity index (χ3n) is 3.39. The fourth-order valence-corrected chi connectivity index (χ4v) is 2.21. The molecular weight excluding hydrogens is 148 g/mol. The normalized spacial score (nSPS) is 32.2. The Morgan fingerprint density at radius 3 is 2.58 bits per heavy atom. The predicted molar refractivity (Wildman–Crippen MR) is 51.0 cm³/mol. The van der Waals surface area contributed by atoms with Crippen molar-refractivity contribution in [3.05, 3.63) is 0 Å². The molecule has 0 amide bonds. The molecular formula is C10H20N2. The smallest absolute Gasteiger partial charge is 0.0180 e. The minimum atomic E-state index is 0.464. The van der Waals surface area contributed by atoms with Crippen molar-refractivity contribution in [2.75, 3.05) is 19.6 Å². The Morgan fingerprint density at radius 2 is 2.08 bits per heavy atom. The maximum atomic E-state index is 5.84. The van der Waals surface area contributed by atoms with Gasteiger partial charge >= 0.3 is 0 Å². The zero-order valence-corrected chi connectivity index (χ0v) is 7.84. The van der Waals surface area contributed by atoms with Crippen molar-refractivity contribution in [2.45, 2.75) is 38.1 Å². The van der Waals surface area contributed by atoms with Crippen LogP contribution >= 0.6 is 0 Å². The number of hydrogen-bond donors (Lipinski definition) is 1. The first-order valence-electron chi connectivity index (χ1n) is 5.32. The topological polar surface area (TPSA) is 29.3 Å². The van der Waals surface area contributed by atoms with E-state index in [1.165, 1.54) is 45.2 Å². The van der Waals surface area contributed by atoms with Gasteiger partial charge in [-0.1, -0.05) is 19.3 Å². The lowest BCUT2D eigenvalue weighted by Crippen LogP contribution is -2.29. The molecule has 1 saturated carbocycles. The van der Waals surface area contributed by atoms with Gasteiger partial charge in [0.05, 0.1) is 0 Å². The molecule has 2 fully saturated rings. The van der Waals surface area contributed by atoms with E-state index in [1.807, 2.05) is 0 Å². The highest BCUT2D eigenvalue weighted by molar-refractivity contribution is 4.79. The van der Waals surface area contributed by atoms with E-state index in [1.54, 1.807) is 0 Å². The number of hydrogen-bond acceptors (Lipinski definition) is 2. The van der Waals surface area contributed by atoms with Crippen molar-refractivity contribution in [2.24, 2.45) is 11.7 Å². The van der Waals surface area contributed by atoms with Gasteiger partial charge in [0.25, 0.3) is 0 Å². The van der Waals surface area contributed by atoms with E-state index >= 15 is 0 Å². The van der Waals surface area contributed by atoms with Crippen LogP contribution in [0.3, 0.4) is 0 Å². The van der Waals surface area contributed by atoms with Crippen LogP contribution in [0.15, 0.2) is 0 Å². The van der Waals surface area contributed by atoms with Gasteiger partial charge in [0, 0.05) is 12.6 Å². The highest BCUT2D eigenvalue weighted by Gasteiger charge is 2.22. The fraction of sp³-hybridized carbons (Fsp3) is 1.00. The molecule has 1 aliphatic heterocycles. The van der Waals surface area contributed by atoms with Crippen molar-refractivity contribution in [3.63, 3.8) is 0 Å². The average Bonchev–Trinajstić information content (AvgIpc) is 2.32. The maximum absolute atomic E-state index is 5.84. The number of nitrogens with two attached hydrogens (primary N) is 1. The summed E-state index contributed by atoms with van der Waals surface area (Å²) in [4.78, 5) is 2.53. The maximum Gasteiger partial charge on any atom is 0.0180 e. The van der Waals surface area contributed by atoms with E-state index in [0.717, 1.165) is 12.5 Å². The van der Waals surface area contributed by atoms with Crippen LogP contribution in [0.2, 0.25) is 0 Å². The highest BCUT2D eigenvalue weighted by Crippen LogP contribution is 2.29. The molecule has 1 aliphatic carbocycles. The summed E-state index contributed by atoms with van der Waals surface area (Å²) in [5.74, 6) is 1.06. The lowest BCUT2D eigenvalue weighted by molar-refractivity contribution is 0.238. The van der Waals surface area contributed by atoms with Crippen molar-refractivity contribution < 1.29 is 0 Å². The zero-order chi connectivity index (χ0) is 8.39. The van der Waals surface area contributed by atoms with Gasteiger partial charge in [0.1, 0.15) is 0 Å². The van der Waals surface area contributed by atoms with Crippen LogP contribution in [0.1, 0.15) is 32.1 Å². The lowest BCUT2D eigenvalue weighted by Gasteiger charge is -2.27. The molecule has 0 aromatic heterocycles. The standard InChI is InChI=1S/C10H20N2/c11-10-5-7-12(8-10)6-4-9-2-1-3-9/h9-10H,1-8,11H2. The van der Waals surface area contributed by atoms with Crippen molar-refractivity contribution in [1.82, 2.24) is 4.90 Å². The average molecular weight is 168 g/mol. The fourth-order valence-electron chi connectivity index (χ4n) is 2.21. The summed E-state index contributed by atoms with van der Waals surface area (Å²) in [5.41, 5.74) is 5.84. The second kappa shape index (κ2) is 3.75. The van der Waals surface area contributed by atoms with Crippen LogP contribution in [0.4, 0.5) is 0 Å². The molecule has 2 rings (SSSR count). The van der Waals surface area contributed by atoms with Crippen molar-refractivity contribution in [3.8, 4) is 0 Å². The van der Waals surface area contributed by atoms with Crippen molar-refractivity contribution >= 4 is 0 Å². The molecule has 0 bridgehead atoms. The molecule has 0 radical (unpaired) electrons. The zero-order valence-electron chi connectivity index (χ0n) is 7.84. The number of nitrogens with zero attached hydrogens (tertiary/aromatic N) is 1. The predicted octanol–water partition coefficient (Wildman–Crippen LogP) is 1.21. The molecule has 1 atom stereocenters. The molecule has 1 unspecified atom stereocenters. The Kier molecular flexibility index (Phi) is 2.66. The molecule has 70 valence electrons. The van der Waals surface area contributed by atoms with Gasteiger partial charge in [-0.05, 0) is 31.8 Å². The molecule has 1 saturated heterocycles. The van der Waals surface area contributed by atoms with E-state index < -0.39 is 0 Å². The van der Waals surface area contributed by atoms with E-state index in [-0.39, 0.29) is 0 Å². The van der Waals surface area contributed by atoms with Crippen LogP contribution in [0, 0.1) is 5.92 Å². The molecule has 0 aromatic rings. The summed E-state index contributed by atoms with van der Waals surface area (Å²) in [6.45, 7) is 3.69. The molecule has 1 heterocycles. The first-order chi connectivity index (χ1) is 5.84. The van der Waals surface area contributed by atoms with Gasteiger partial charge in [0.15, 0.2) is 0 Å². The monoisotopic (exact) mass is 168 g/mol. The second-order valence-corrected chi connectivity index (χ2v) is 4.43. The summed E-state index contributed by atoms with van der Waals surface area (Å²) in [7, 11) is 0. The van der Waals surface area contributed by atoms with Crippen LogP contribution < -0.4 is 5.73 Å². The first-order valence-corrected chi connectivity index (χ1v) is 5.32. The van der Waals surface area contributed by atoms with Gasteiger partial charge in [-0.25, -0.2) is 0 Å². The van der Waals surface area contributed by atoms with Gasteiger partial charge < -0.3 is 10.6 Å². The second-order valence-electron chi connectivity index (χ2n) is 4.43. The Labute approximate surface area is 75.1 Å². The third-order valence-corrected chi connectivity index (χ3v) is 3.39. The van der Waals surface area contributed by atoms with Crippen molar-refractivity contribution in [1.29, 1.82) is 0 Å². The quantitative estimate of drug-likeness (QED) is 0.686. The SMILES string of the molecule is NC1CCN(CCC2CCC2)C1. The number of likely N-dealkylation sites (tertiary alicyclic amines) is 1. The van der Waals surface area contributed by atoms with Gasteiger partial charge in [0.2, 0.25) is 0 Å². The van der Waals surface area contributed by atoms with Crippen LogP contribution in [-0.2, 0) is 0 Å². The third kappa shape index (κ3) is 1.99. The highest BCUT2D eigenvalue weighted by atomic mass is 15.2. The summed E-state index contributed by atoms with van der Waals surface area (Å²) < 4.78 is 0. The summed E-state index contributed by atoms with van der Waals surface area (Å²) in [5, 5.41) is 0. The Hall–Kier alpha value is -0.0800. The molecule has 12 heavy (non-hydrogen) atoms. The minimum absolute atomic E-state index is 0.464. The molecule has 2 heteroatoms. The number of rotatable bonds is 3. The van der Waals surface area contributed by atoms with E-state index in [4.69, 9.17) is 5.73 Å². The van der Waals surface area contributed by atoms with Crippen LogP contribution in [-0.4, -0.2) is 30.6 Å². The molecule has 0 aromatic carbocycles. The van der Waals surface area contributed by atoms with Gasteiger partial charge in [-0.3, -0.25) is 0 Å². The molecule has 2 aliphatic rings. The van der Waals surface area contributed by atoms with Crippen LogP contribution in [0.5, 0.6) is 0 Å². The van der Waals surface area contributed by atoms with E-state index in [9.17, 15) is 0 Å². The summed E-state index contributed by atoms with van der Waals surface area (Å²) in [6, 6.07) is 0.464. The Morgan fingerprint density at radius 1 is 1.25 bits per heavy atom. The largest absolute Gasteiger partial charge is 0.326 e. The Bertz CT molecular complexity index is 143. The molecule has 0 spiro atoms. The van der Waals surface area contributed by atoms with Crippen LogP contribution in [0.25, 0.3) is 0 Å². The lowest BCUT2D eigenvalue weighted by atomic mass is 9.83. The molecule has 2 N–H and O–H groups in total. The van der Waals surface area contributed by atoms with E-state index in [0.29, 0.717) is 6.04 Å². The summed E-state index contributed by atoms with van der Waals surface area (Å²) >= 11 is 0. The van der Waals surface area contributed by atoms with E-state index in [2.05, 4.69) is 4.90 Å². The summed E-state index contributed by atoms with van der Waals surface area (Å²) in [6.07, 6.45) is 7.08. The molecule has 2 nitrogen and oxygen atoms in total.